The van der Waals surface area contributed by atoms with Crippen molar-refractivity contribution in [2.75, 3.05) is 11.4 Å². The van der Waals surface area contributed by atoms with Crippen LogP contribution in [-0.2, 0) is 16.6 Å². The molecule has 6 heteroatoms. The minimum absolute atomic E-state index is 0.0375. The summed E-state index contributed by atoms with van der Waals surface area (Å²) in [6.07, 6.45) is 6.00. The first kappa shape index (κ1) is 13.6. The third-order valence-electron chi connectivity index (χ3n) is 3.72. The number of anilines is 1. The summed E-state index contributed by atoms with van der Waals surface area (Å²) in [5, 5.41) is 12.9. The van der Waals surface area contributed by atoms with Gasteiger partial charge in [0.15, 0.2) is 0 Å². The van der Waals surface area contributed by atoms with Gasteiger partial charge < -0.3 is 5.11 Å². The number of aliphatic carboxylic acids is 1. The summed E-state index contributed by atoms with van der Waals surface area (Å²) in [5.41, 5.74) is 0.551. The molecule has 0 radical (unpaired) electrons. The molecule has 1 saturated carbocycles. The number of rotatable bonds is 5. The van der Waals surface area contributed by atoms with Crippen LogP contribution in [0.2, 0.25) is 0 Å². The maximum absolute atomic E-state index is 12.4. The quantitative estimate of drug-likeness (QED) is 0.870. The summed E-state index contributed by atoms with van der Waals surface area (Å²) < 4.78 is 1.56. The van der Waals surface area contributed by atoms with Gasteiger partial charge in [0.25, 0.3) is 0 Å². The number of nitrogens with zero attached hydrogens (tertiary/aromatic N) is 3. The maximum atomic E-state index is 12.4. The molecule has 1 fully saturated rings. The van der Waals surface area contributed by atoms with E-state index in [0.717, 1.165) is 19.3 Å². The van der Waals surface area contributed by atoms with Crippen LogP contribution in [0, 0.1) is 11.8 Å². The van der Waals surface area contributed by atoms with Crippen LogP contribution in [0.1, 0.15) is 26.2 Å². The lowest BCUT2D eigenvalue weighted by atomic mass is 9.73. The van der Waals surface area contributed by atoms with Crippen LogP contribution in [0.15, 0.2) is 12.4 Å². The second-order valence-electron chi connectivity index (χ2n) is 5.13. The van der Waals surface area contributed by atoms with E-state index in [0.29, 0.717) is 11.6 Å². The van der Waals surface area contributed by atoms with Crippen molar-refractivity contribution in [2.24, 2.45) is 18.9 Å². The van der Waals surface area contributed by atoms with Gasteiger partial charge in [0.1, 0.15) is 6.54 Å². The normalized spacial score (nSPS) is 21.8. The standard InChI is InChI=1S/C13H19N3O3/c1-3-9-4-10(5-9)13(19)16(8-12(17)18)11-6-14-15(2)7-11/h6-7,9-10H,3-5,8H2,1-2H3,(H,17,18). The van der Waals surface area contributed by atoms with E-state index in [9.17, 15) is 9.59 Å². The average molecular weight is 265 g/mol. The fourth-order valence-corrected chi connectivity index (χ4v) is 2.47. The fourth-order valence-electron chi connectivity index (χ4n) is 2.47. The van der Waals surface area contributed by atoms with E-state index in [2.05, 4.69) is 12.0 Å². The van der Waals surface area contributed by atoms with Gasteiger partial charge in [0.05, 0.1) is 11.9 Å². The largest absolute Gasteiger partial charge is 0.480 e. The number of carbonyl (C=O) groups is 2. The molecule has 1 aliphatic carbocycles. The van der Waals surface area contributed by atoms with E-state index in [1.807, 2.05) is 0 Å². The van der Waals surface area contributed by atoms with Gasteiger partial charge in [0.2, 0.25) is 5.91 Å². The van der Waals surface area contributed by atoms with Crippen LogP contribution in [0.3, 0.4) is 0 Å². The number of amides is 1. The number of hydrogen-bond donors (Lipinski definition) is 1. The molecule has 6 nitrogen and oxygen atoms in total. The van der Waals surface area contributed by atoms with Crippen molar-refractivity contribution in [3.63, 3.8) is 0 Å². The van der Waals surface area contributed by atoms with Crippen molar-refractivity contribution in [3.8, 4) is 0 Å². The zero-order valence-corrected chi connectivity index (χ0v) is 11.2. The first-order valence-corrected chi connectivity index (χ1v) is 6.53. The highest BCUT2D eigenvalue weighted by atomic mass is 16.4. The Bertz CT molecular complexity index is 477. The zero-order chi connectivity index (χ0) is 14.0. The highest BCUT2D eigenvalue weighted by Gasteiger charge is 2.37. The van der Waals surface area contributed by atoms with E-state index in [1.165, 1.54) is 11.1 Å². The molecule has 0 spiro atoms. The summed E-state index contributed by atoms with van der Waals surface area (Å²) in [7, 11) is 1.74. The van der Waals surface area contributed by atoms with Crippen LogP contribution >= 0.6 is 0 Å². The zero-order valence-electron chi connectivity index (χ0n) is 11.2. The molecule has 104 valence electrons. The van der Waals surface area contributed by atoms with Gasteiger partial charge in [0, 0.05) is 19.2 Å². The molecule has 0 unspecified atom stereocenters. The second-order valence-corrected chi connectivity index (χ2v) is 5.13. The van der Waals surface area contributed by atoms with Crippen molar-refractivity contribution in [2.45, 2.75) is 26.2 Å². The Morgan fingerprint density at radius 2 is 2.21 bits per heavy atom. The molecule has 19 heavy (non-hydrogen) atoms. The van der Waals surface area contributed by atoms with Crippen molar-refractivity contribution >= 4 is 17.6 Å². The molecule has 1 N–H and O–H groups in total. The third-order valence-corrected chi connectivity index (χ3v) is 3.72. The summed E-state index contributed by atoms with van der Waals surface area (Å²) >= 11 is 0. The smallest absolute Gasteiger partial charge is 0.323 e. The Morgan fingerprint density at radius 1 is 1.53 bits per heavy atom. The molecular weight excluding hydrogens is 246 g/mol. The number of carboxylic acids is 1. The first-order valence-electron chi connectivity index (χ1n) is 6.53. The van der Waals surface area contributed by atoms with Gasteiger partial charge in [-0.2, -0.15) is 5.10 Å². The lowest BCUT2D eigenvalue weighted by Crippen LogP contribution is -2.44. The highest BCUT2D eigenvalue weighted by Crippen LogP contribution is 2.37. The number of carboxylic acid groups (broad SMARTS) is 1. The summed E-state index contributed by atoms with van der Waals surface area (Å²) in [5.74, 6) is -0.539. The van der Waals surface area contributed by atoms with E-state index in [4.69, 9.17) is 5.11 Å². The van der Waals surface area contributed by atoms with E-state index >= 15 is 0 Å². The minimum Gasteiger partial charge on any atom is -0.480 e. The molecule has 0 aromatic carbocycles. The van der Waals surface area contributed by atoms with Gasteiger partial charge in [-0.05, 0) is 18.8 Å². The lowest BCUT2D eigenvalue weighted by molar-refractivity contribution is -0.137. The number of hydrogen-bond acceptors (Lipinski definition) is 3. The van der Waals surface area contributed by atoms with E-state index in [1.54, 1.807) is 17.9 Å². The topological polar surface area (TPSA) is 75.4 Å². The summed E-state index contributed by atoms with van der Waals surface area (Å²) in [6, 6.07) is 0. The van der Waals surface area contributed by atoms with E-state index in [-0.39, 0.29) is 18.4 Å². The minimum atomic E-state index is -1.01. The van der Waals surface area contributed by atoms with Gasteiger partial charge in [-0.1, -0.05) is 13.3 Å². The molecule has 1 amide bonds. The molecule has 0 bridgehead atoms. The predicted molar refractivity (Wildman–Crippen MR) is 69.7 cm³/mol. The van der Waals surface area contributed by atoms with Crippen LogP contribution in [0.5, 0.6) is 0 Å². The molecule has 0 saturated heterocycles. The molecular formula is C13H19N3O3. The molecule has 1 aliphatic rings. The Balaban J connectivity index is 2.10. The van der Waals surface area contributed by atoms with Gasteiger partial charge in [-0.25, -0.2) is 0 Å². The molecule has 1 aromatic heterocycles. The van der Waals surface area contributed by atoms with Crippen molar-refractivity contribution < 1.29 is 14.7 Å². The molecule has 1 heterocycles. The Hall–Kier alpha value is -1.85. The second kappa shape index (κ2) is 5.42. The predicted octanol–water partition coefficient (Wildman–Crippen LogP) is 1.27. The molecule has 1 aromatic rings. The Kier molecular flexibility index (Phi) is 3.87. The lowest BCUT2D eigenvalue weighted by Gasteiger charge is -2.36. The fraction of sp³-hybridized carbons (Fsp3) is 0.615. The summed E-state index contributed by atoms with van der Waals surface area (Å²) in [4.78, 5) is 24.6. The molecule has 0 aliphatic heterocycles. The number of aryl methyl sites for hydroxylation is 1. The first-order chi connectivity index (χ1) is 9.01. The third kappa shape index (κ3) is 2.94. The van der Waals surface area contributed by atoms with Gasteiger partial charge >= 0.3 is 5.97 Å². The molecule has 2 rings (SSSR count). The Morgan fingerprint density at radius 3 is 2.68 bits per heavy atom. The maximum Gasteiger partial charge on any atom is 0.323 e. The van der Waals surface area contributed by atoms with Crippen molar-refractivity contribution in [1.29, 1.82) is 0 Å². The van der Waals surface area contributed by atoms with Crippen LogP contribution in [-0.4, -0.2) is 33.3 Å². The Labute approximate surface area is 112 Å². The number of carbonyl (C=O) groups excluding carboxylic acids is 1. The SMILES string of the molecule is CCC1CC(C(=O)N(CC(=O)O)c2cnn(C)c2)C1. The monoisotopic (exact) mass is 265 g/mol. The summed E-state index contributed by atoms with van der Waals surface area (Å²) in [6.45, 7) is 1.80. The van der Waals surface area contributed by atoms with Crippen molar-refractivity contribution in [3.05, 3.63) is 12.4 Å². The van der Waals surface area contributed by atoms with Crippen molar-refractivity contribution in [1.82, 2.24) is 9.78 Å². The van der Waals surface area contributed by atoms with Crippen LogP contribution in [0.4, 0.5) is 5.69 Å². The van der Waals surface area contributed by atoms with E-state index < -0.39 is 5.97 Å². The van der Waals surface area contributed by atoms with Crippen LogP contribution < -0.4 is 4.90 Å². The van der Waals surface area contributed by atoms with Gasteiger partial charge in [-0.3, -0.25) is 19.2 Å². The number of aromatic nitrogens is 2. The van der Waals surface area contributed by atoms with Crippen LogP contribution in [0.25, 0.3) is 0 Å². The molecule has 0 atom stereocenters. The van der Waals surface area contributed by atoms with Gasteiger partial charge in [-0.15, -0.1) is 0 Å². The average Bonchev–Trinajstić information content (AvgIpc) is 2.70. The highest BCUT2D eigenvalue weighted by molar-refractivity contribution is 5.98.